The van der Waals surface area contributed by atoms with Crippen LogP contribution in [0.1, 0.15) is 257 Å². The highest BCUT2D eigenvalue weighted by atomic mass is 16.4. The zero-order valence-corrected chi connectivity index (χ0v) is 44.0. The van der Waals surface area contributed by atoms with Crippen LogP contribution in [0.3, 0.4) is 0 Å². The zero-order chi connectivity index (χ0) is 50.8. The van der Waals surface area contributed by atoms with E-state index in [1.54, 1.807) is 0 Å². The quantitative estimate of drug-likeness (QED) is 0.0262. The average molecular weight is 979 g/mol. The third kappa shape index (κ3) is 43.2. The van der Waals surface area contributed by atoms with E-state index in [1.807, 2.05) is 0 Å². The van der Waals surface area contributed by atoms with Crippen LogP contribution in [-0.2, 0) is 28.8 Å². The number of carbonyl (C=O) groups excluding carboxylic acids is 5. The third-order valence-electron chi connectivity index (χ3n) is 13.0. The maximum atomic E-state index is 13.0. The Balaban J connectivity index is 4.11. The van der Waals surface area contributed by atoms with Crippen LogP contribution >= 0.6 is 0 Å². The van der Waals surface area contributed by atoms with Crippen LogP contribution in [-0.4, -0.2) is 91.5 Å². The van der Waals surface area contributed by atoms with E-state index in [2.05, 4.69) is 33.5 Å². The van der Waals surface area contributed by atoms with Crippen LogP contribution in [0.2, 0.25) is 0 Å². The van der Waals surface area contributed by atoms with Gasteiger partial charge in [0.05, 0.1) is 0 Å². The Morgan fingerprint density at radius 1 is 0.348 bits per heavy atom. The van der Waals surface area contributed by atoms with Crippen molar-refractivity contribution in [3.8, 4) is 0 Å². The Bertz CT molecular complexity index is 1280. The van der Waals surface area contributed by atoms with E-state index in [1.165, 1.54) is 44.9 Å². The number of unbranched alkanes of at least 4 members (excludes halogenated alkanes) is 27. The number of nitrogens with one attached hydrogen (secondary N) is 5. The highest BCUT2D eigenvalue weighted by Crippen LogP contribution is 2.14. The first-order valence-corrected chi connectivity index (χ1v) is 28.4. The lowest BCUT2D eigenvalue weighted by molar-refractivity contribution is -0.142. The lowest BCUT2D eigenvalue weighted by Crippen LogP contribution is -2.47. The third-order valence-corrected chi connectivity index (χ3v) is 13.0. The number of carbonyl (C=O) groups is 6. The number of amides is 5. The molecule has 5 amide bonds. The molecule has 0 saturated carbocycles. The van der Waals surface area contributed by atoms with E-state index in [-0.39, 0.29) is 29.5 Å². The summed E-state index contributed by atoms with van der Waals surface area (Å²) in [5, 5.41) is 24.0. The summed E-state index contributed by atoms with van der Waals surface area (Å²) < 4.78 is 0. The molecule has 0 aromatic carbocycles. The van der Waals surface area contributed by atoms with Gasteiger partial charge in [0.15, 0.2) is 0 Å². The first-order valence-electron chi connectivity index (χ1n) is 28.4. The zero-order valence-electron chi connectivity index (χ0n) is 44.0. The lowest BCUT2D eigenvalue weighted by atomic mass is 10.0. The summed E-state index contributed by atoms with van der Waals surface area (Å²) in [6, 6.07) is -1.87. The summed E-state index contributed by atoms with van der Waals surface area (Å²) in [6.45, 7) is 5.09. The molecule has 0 aliphatic rings. The van der Waals surface area contributed by atoms with Crippen LogP contribution < -0.4 is 43.8 Å². The number of carboxylic acids is 1. The normalized spacial score (nSPS) is 12.5. The minimum Gasteiger partial charge on any atom is -0.480 e. The van der Waals surface area contributed by atoms with Crippen molar-refractivity contribution in [3.63, 3.8) is 0 Å². The predicted molar refractivity (Wildman–Crippen MR) is 282 cm³/mol. The van der Waals surface area contributed by atoms with Gasteiger partial charge in [-0.2, -0.15) is 0 Å². The molecule has 3 atom stereocenters. The molecule has 15 nitrogen and oxygen atoms in total. The fraction of sp³-hybridized carbons (Fsp3) is 0.889. The summed E-state index contributed by atoms with van der Waals surface area (Å²) >= 11 is 0. The first-order chi connectivity index (χ1) is 33.6. The van der Waals surface area contributed by atoms with E-state index in [0.29, 0.717) is 77.7 Å². The Morgan fingerprint density at radius 3 is 0.899 bits per heavy atom. The second-order valence-electron chi connectivity index (χ2n) is 19.6. The van der Waals surface area contributed by atoms with Crippen molar-refractivity contribution < 1.29 is 33.9 Å². The first kappa shape index (κ1) is 65.7. The summed E-state index contributed by atoms with van der Waals surface area (Å²) in [6.07, 6.45) is 36.8. The van der Waals surface area contributed by atoms with E-state index in [4.69, 9.17) is 17.2 Å². The molecule has 0 rings (SSSR count). The molecule has 0 fully saturated rings. The van der Waals surface area contributed by atoms with Gasteiger partial charge in [-0.05, 0) is 110 Å². The maximum Gasteiger partial charge on any atom is 0.326 e. The van der Waals surface area contributed by atoms with E-state index in [9.17, 15) is 33.9 Å². The second kappa shape index (κ2) is 49.7. The van der Waals surface area contributed by atoms with Crippen molar-refractivity contribution in [2.45, 2.75) is 275 Å². The van der Waals surface area contributed by atoms with Gasteiger partial charge in [0.2, 0.25) is 29.5 Å². The van der Waals surface area contributed by atoms with Gasteiger partial charge in [-0.25, -0.2) is 4.79 Å². The second-order valence-corrected chi connectivity index (χ2v) is 19.6. The van der Waals surface area contributed by atoms with Crippen molar-refractivity contribution in [3.05, 3.63) is 0 Å². The van der Waals surface area contributed by atoms with Gasteiger partial charge >= 0.3 is 5.97 Å². The molecule has 69 heavy (non-hydrogen) atoms. The van der Waals surface area contributed by atoms with Crippen molar-refractivity contribution in [2.75, 3.05) is 32.7 Å². The van der Waals surface area contributed by atoms with Gasteiger partial charge in [-0.3, -0.25) is 24.0 Å². The van der Waals surface area contributed by atoms with Crippen molar-refractivity contribution in [1.82, 2.24) is 26.6 Å². The molecule has 0 spiro atoms. The highest BCUT2D eigenvalue weighted by molar-refractivity contribution is 5.88. The Kier molecular flexibility index (Phi) is 47.3. The standard InChI is InChI=1S/C54H106N8O7/c1-2-3-4-5-6-9-14-19-24-38-49(63)60-46(35-27-30-41-55)52(66)58-44-33-22-17-12-7-10-15-20-25-39-50(64)61-47(36-28-31-42-56)53(67)59-45-34-23-18-13-8-11-16-21-26-40-51(65)62-48(54(68)69)37-29-32-43-57/h46-48H,2-45,55-57H2,1H3,(H,58,66)(H,59,67)(H,60,63)(H,61,64)(H,62,65)(H,68,69). The minimum absolute atomic E-state index is 0.0303. The van der Waals surface area contributed by atoms with Gasteiger partial charge in [-0.1, -0.05) is 148 Å². The molecule has 0 aromatic heterocycles. The van der Waals surface area contributed by atoms with Gasteiger partial charge in [0.25, 0.3) is 0 Å². The fourth-order valence-electron chi connectivity index (χ4n) is 8.63. The molecule has 404 valence electrons. The number of rotatable bonds is 52. The monoisotopic (exact) mass is 979 g/mol. The maximum absolute atomic E-state index is 13.0. The van der Waals surface area contributed by atoms with Crippen molar-refractivity contribution in [2.24, 2.45) is 17.2 Å². The number of nitrogens with two attached hydrogens (primary N) is 3. The van der Waals surface area contributed by atoms with Crippen LogP contribution in [0.4, 0.5) is 0 Å². The SMILES string of the molecule is CCCCCCCCCCCC(=O)NC(CCCCN)C(=O)NCCCCCCCCCCCC(=O)NC(CCCCN)C(=O)NCCCCCCCCCCCC(=O)NC(CCCCN)C(=O)O. The Morgan fingerprint density at radius 2 is 0.609 bits per heavy atom. The molecular weight excluding hydrogens is 873 g/mol. The molecule has 0 radical (unpaired) electrons. The summed E-state index contributed by atoms with van der Waals surface area (Å²) in [5.74, 6) is -1.51. The molecule has 0 aliphatic heterocycles. The smallest absolute Gasteiger partial charge is 0.326 e. The molecule has 0 bridgehead atoms. The summed E-state index contributed by atoms with van der Waals surface area (Å²) in [7, 11) is 0. The number of hydrogen-bond donors (Lipinski definition) is 9. The van der Waals surface area contributed by atoms with Crippen LogP contribution in [0, 0.1) is 0 Å². The molecule has 0 aromatic rings. The van der Waals surface area contributed by atoms with E-state index >= 15 is 0 Å². The van der Waals surface area contributed by atoms with Crippen molar-refractivity contribution in [1.29, 1.82) is 0 Å². The molecule has 12 N–H and O–H groups in total. The number of hydrogen-bond acceptors (Lipinski definition) is 9. The van der Waals surface area contributed by atoms with Crippen molar-refractivity contribution >= 4 is 35.5 Å². The van der Waals surface area contributed by atoms with Gasteiger partial charge in [0.1, 0.15) is 18.1 Å². The van der Waals surface area contributed by atoms with Gasteiger partial charge in [-0.15, -0.1) is 0 Å². The molecule has 0 heterocycles. The summed E-state index contributed by atoms with van der Waals surface area (Å²) in [5.41, 5.74) is 16.9. The molecule has 3 unspecified atom stereocenters. The highest BCUT2D eigenvalue weighted by Gasteiger charge is 2.22. The van der Waals surface area contributed by atoms with Crippen LogP contribution in [0.5, 0.6) is 0 Å². The van der Waals surface area contributed by atoms with Gasteiger partial charge in [0, 0.05) is 32.4 Å². The molecular formula is C54H106N8O7. The average Bonchev–Trinajstić information content (AvgIpc) is 3.33. The van der Waals surface area contributed by atoms with E-state index < -0.39 is 24.1 Å². The largest absolute Gasteiger partial charge is 0.480 e. The van der Waals surface area contributed by atoms with Crippen LogP contribution in [0.25, 0.3) is 0 Å². The minimum atomic E-state index is -0.997. The molecule has 15 heteroatoms. The molecule has 0 aliphatic carbocycles. The fourth-order valence-corrected chi connectivity index (χ4v) is 8.63. The lowest BCUT2D eigenvalue weighted by Gasteiger charge is -2.18. The Hall–Kier alpha value is -3.30. The predicted octanol–water partition coefficient (Wildman–Crippen LogP) is 8.87. The van der Waals surface area contributed by atoms with E-state index in [0.717, 1.165) is 161 Å². The summed E-state index contributed by atoms with van der Waals surface area (Å²) in [4.78, 5) is 75.0. The topological polar surface area (TPSA) is 261 Å². The number of aliphatic carboxylic acids is 1. The van der Waals surface area contributed by atoms with Crippen LogP contribution in [0.15, 0.2) is 0 Å². The van der Waals surface area contributed by atoms with Gasteiger partial charge < -0.3 is 48.9 Å². The Labute approximate surface area is 420 Å². The molecule has 0 saturated heterocycles. The number of carboxylic acid groups (broad SMARTS) is 1.